The van der Waals surface area contributed by atoms with Crippen LogP contribution in [0.1, 0.15) is 37.0 Å². The standard InChI is InChI=1S/C15H20ClNO3/c1-9(2)10-5-7-17(8-6-10)15(20)11-3-4-12(18)14(19)13(11)16/h3-4,9-10,18-19H,5-8H2,1-2H3. The Morgan fingerprint density at radius 3 is 2.45 bits per heavy atom. The average molecular weight is 298 g/mol. The van der Waals surface area contributed by atoms with Crippen molar-refractivity contribution < 1.29 is 15.0 Å². The molecule has 0 spiro atoms. The van der Waals surface area contributed by atoms with Gasteiger partial charge in [0.05, 0.1) is 10.6 Å². The van der Waals surface area contributed by atoms with Gasteiger partial charge in [-0.1, -0.05) is 25.4 Å². The molecule has 1 saturated heterocycles. The number of hydrogen-bond donors (Lipinski definition) is 2. The molecular weight excluding hydrogens is 278 g/mol. The smallest absolute Gasteiger partial charge is 0.255 e. The second-order valence-corrected chi connectivity index (χ2v) is 6.05. The molecule has 0 unspecified atom stereocenters. The number of rotatable bonds is 2. The number of aromatic hydroxyl groups is 2. The molecule has 5 heteroatoms. The zero-order valence-corrected chi connectivity index (χ0v) is 12.5. The normalized spacial score (nSPS) is 16.7. The molecule has 0 bridgehead atoms. The molecule has 1 fully saturated rings. The van der Waals surface area contributed by atoms with Crippen LogP contribution >= 0.6 is 11.6 Å². The summed E-state index contributed by atoms with van der Waals surface area (Å²) in [6.07, 6.45) is 1.98. The van der Waals surface area contributed by atoms with E-state index in [1.54, 1.807) is 4.90 Å². The number of piperidine rings is 1. The Hall–Kier alpha value is -1.42. The molecule has 0 atom stereocenters. The van der Waals surface area contributed by atoms with Crippen molar-refractivity contribution >= 4 is 17.5 Å². The molecule has 2 N–H and O–H groups in total. The molecule has 0 aliphatic carbocycles. The topological polar surface area (TPSA) is 60.8 Å². The fourth-order valence-electron chi connectivity index (χ4n) is 2.66. The lowest BCUT2D eigenvalue weighted by atomic mass is 9.86. The van der Waals surface area contributed by atoms with Gasteiger partial charge in [0, 0.05) is 13.1 Å². The predicted molar refractivity (Wildman–Crippen MR) is 78.2 cm³/mol. The van der Waals surface area contributed by atoms with Crippen LogP contribution in [0, 0.1) is 11.8 Å². The van der Waals surface area contributed by atoms with Gasteiger partial charge in [0.25, 0.3) is 5.91 Å². The van der Waals surface area contributed by atoms with Crippen molar-refractivity contribution in [1.29, 1.82) is 0 Å². The number of nitrogens with zero attached hydrogens (tertiary/aromatic N) is 1. The summed E-state index contributed by atoms with van der Waals surface area (Å²) < 4.78 is 0. The first-order chi connectivity index (χ1) is 9.41. The minimum Gasteiger partial charge on any atom is -0.504 e. The zero-order chi connectivity index (χ0) is 14.9. The highest BCUT2D eigenvalue weighted by molar-refractivity contribution is 6.35. The molecule has 1 amide bonds. The molecular formula is C15H20ClNO3. The quantitative estimate of drug-likeness (QED) is 0.824. The number of likely N-dealkylation sites (tertiary alicyclic amines) is 1. The Balaban J connectivity index is 2.12. The molecule has 1 aromatic rings. The van der Waals surface area contributed by atoms with Crippen LogP contribution in [0.15, 0.2) is 12.1 Å². The fraction of sp³-hybridized carbons (Fsp3) is 0.533. The summed E-state index contributed by atoms with van der Waals surface area (Å²) in [6.45, 7) is 5.83. The summed E-state index contributed by atoms with van der Waals surface area (Å²) in [4.78, 5) is 14.2. The van der Waals surface area contributed by atoms with Crippen molar-refractivity contribution in [1.82, 2.24) is 4.90 Å². The van der Waals surface area contributed by atoms with Crippen LogP contribution in [0.25, 0.3) is 0 Å². The minimum atomic E-state index is -0.436. The van der Waals surface area contributed by atoms with Gasteiger partial charge in [-0.05, 0) is 36.8 Å². The number of halogens is 1. The third kappa shape index (κ3) is 2.85. The average Bonchev–Trinajstić information content (AvgIpc) is 2.44. The summed E-state index contributed by atoms with van der Waals surface area (Å²) in [5.74, 6) is 0.350. The minimum absolute atomic E-state index is 0.0824. The molecule has 4 nitrogen and oxygen atoms in total. The lowest BCUT2D eigenvalue weighted by Gasteiger charge is -2.34. The van der Waals surface area contributed by atoms with Crippen LogP contribution in [-0.4, -0.2) is 34.1 Å². The molecule has 1 aliphatic heterocycles. The highest BCUT2D eigenvalue weighted by Crippen LogP contribution is 2.36. The van der Waals surface area contributed by atoms with Crippen LogP contribution in [0.5, 0.6) is 11.5 Å². The summed E-state index contributed by atoms with van der Waals surface area (Å²) in [6, 6.07) is 2.74. The van der Waals surface area contributed by atoms with E-state index in [2.05, 4.69) is 13.8 Å². The van der Waals surface area contributed by atoms with E-state index in [1.807, 2.05) is 0 Å². The summed E-state index contributed by atoms with van der Waals surface area (Å²) in [5, 5.41) is 18.9. The van der Waals surface area contributed by atoms with Gasteiger partial charge in [0.1, 0.15) is 0 Å². The first kappa shape index (κ1) is 15.0. The maximum atomic E-state index is 12.4. The van der Waals surface area contributed by atoms with Crippen LogP contribution in [0.4, 0.5) is 0 Å². The molecule has 110 valence electrons. The second kappa shape index (κ2) is 5.92. The third-order valence-electron chi connectivity index (χ3n) is 4.09. The molecule has 2 rings (SSSR count). The van der Waals surface area contributed by atoms with E-state index < -0.39 is 5.75 Å². The van der Waals surface area contributed by atoms with Gasteiger partial charge >= 0.3 is 0 Å². The summed E-state index contributed by atoms with van der Waals surface area (Å²) in [5.41, 5.74) is 0.241. The number of hydrogen-bond acceptors (Lipinski definition) is 3. The summed E-state index contributed by atoms with van der Waals surface area (Å²) >= 11 is 5.93. The Kier molecular flexibility index (Phi) is 4.43. The van der Waals surface area contributed by atoms with E-state index >= 15 is 0 Å². The third-order valence-corrected chi connectivity index (χ3v) is 4.48. The predicted octanol–water partition coefficient (Wildman–Crippen LogP) is 3.26. The van der Waals surface area contributed by atoms with Gasteiger partial charge < -0.3 is 15.1 Å². The van der Waals surface area contributed by atoms with Crippen LogP contribution in [0.3, 0.4) is 0 Å². The van der Waals surface area contributed by atoms with Gasteiger partial charge in [-0.15, -0.1) is 0 Å². The number of phenols is 2. The van der Waals surface area contributed by atoms with Crippen LogP contribution in [0.2, 0.25) is 5.02 Å². The second-order valence-electron chi connectivity index (χ2n) is 5.67. The van der Waals surface area contributed by atoms with Crippen molar-refractivity contribution in [2.45, 2.75) is 26.7 Å². The Labute approximate surface area is 124 Å². The van der Waals surface area contributed by atoms with E-state index in [-0.39, 0.29) is 22.2 Å². The molecule has 1 heterocycles. The fourth-order valence-corrected chi connectivity index (χ4v) is 2.90. The van der Waals surface area contributed by atoms with E-state index in [9.17, 15) is 15.0 Å². The maximum absolute atomic E-state index is 12.4. The first-order valence-electron chi connectivity index (χ1n) is 6.91. The van der Waals surface area contributed by atoms with Gasteiger partial charge in [-0.25, -0.2) is 0 Å². The first-order valence-corrected chi connectivity index (χ1v) is 7.29. The van der Waals surface area contributed by atoms with Gasteiger partial charge in [-0.2, -0.15) is 0 Å². The van der Waals surface area contributed by atoms with E-state index in [4.69, 9.17) is 11.6 Å². The number of phenolic OH excluding ortho intramolecular Hbond substituents is 2. The lowest BCUT2D eigenvalue weighted by molar-refractivity contribution is 0.0667. The Morgan fingerprint density at radius 1 is 1.30 bits per heavy atom. The van der Waals surface area contributed by atoms with E-state index in [1.165, 1.54) is 12.1 Å². The van der Waals surface area contributed by atoms with E-state index in [0.29, 0.717) is 24.9 Å². The van der Waals surface area contributed by atoms with Crippen molar-refractivity contribution in [2.75, 3.05) is 13.1 Å². The zero-order valence-electron chi connectivity index (χ0n) is 11.8. The Bertz CT molecular complexity index is 508. The highest BCUT2D eigenvalue weighted by atomic mass is 35.5. The number of amides is 1. The molecule has 0 saturated carbocycles. The number of carbonyl (C=O) groups is 1. The molecule has 1 aromatic carbocycles. The molecule has 0 radical (unpaired) electrons. The van der Waals surface area contributed by atoms with Crippen molar-refractivity contribution in [3.8, 4) is 11.5 Å². The van der Waals surface area contributed by atoms with Crippen molar-refractivity contribution in [3.63, 3.8) is 0 Å². The van der Waals surface area contributed by atoms with Gasteiger partial charge in [-0.3, -0.25) is 4.79 Å². The van der Waals surface area contributed by atoms with Gasteiger partial charge in [0.2, 0.25) is 0 Å². The monoisotopic (exact) mass is 297 g/mol. The largest absolute Gasteiger partial charge is 0.504 e. The highest BCUT2D eigenvalue weighted by Gasteiger charge is 2.27. The van der Waals surface area contributed by atoms with Crippen LogP contribution in [-0.2, 0) is 0 Å². The SMILES string of the molecule is CC(C)C1CCN(C(=O)c2ccc(O)c(O)c2Cl)CC1. The van der Waals surface area contributed by atoms with Crippen molar-refractivity contribution in [3.05, 3.63) is 22.7 Å². The lowest BCUT2D eigenvalue weighted by Crippen LogP contribution is -2.39. The molecule has 20 heavy (non-hydrogen) atoms. The molecule has 0 aromatic heterocycles. The summed E-state index contributed by atoms with van der Waals surface area (Å²) in [7, 11) is 0. The van der Waals surface area contributed by atoms with Gasteiger partial charge in [0.15, 0.2) is 11.5 Å². The van der Waals surface area contributed by atoms with Crippen LogP contribution < -0.4 is 0 Å². The maximum Gasteiger partial charge on any atom is 0.255 e. The number of benzene rings is 1. The number of carbonyl (C=O) groups excluding carboxylic acids is 1. The van der Waals surface area contributed by atoms with Crippen molar-refractivity contribution in [2.24, 2.45) is 11.8 Å². The van der Waals surface area contributed by atoms with E-state index in [0.717, 1.165) is 12.8 Å². The molecule has 1 aliphatic rings. The Morgan fingerprint density at radius 2 is 1.90 bits per heavy atom.